The summed E-state index contributed by atoms with van der Waals surface area (Å²) in [4.78, 5) is 12.5. The van der Waals surface area contributed by atoms with E-state index in [4.69, 9.17) is 5.11 Å². The summed E-state index contributed by atoms with van der Waals surface area (Å²) in [7, 11) is -1.31. The number of nitrogens with zero attached hydrogens (tertiary/aromatic N) is 1. The van der Waals surface area contributed by atoms with E-state index < -0.39 is 16.0 Å². The van der Waals surface area contributed by atoms with Crippen molar-refractivity contribution in [3.63, 3.8) is 0 Å². The van der Waals surface area contributed by atoms with Crippen molar-refractivity contribution in [2.45, 2.75) is 44.6 Å². The van der Waals surface area contributed by atoms with Gasteiger partial charge in [-0.2, -0.15) is 0 Å². The number of carboxylic acids is 1. The largest absolute Gasteiger partial charge is 0.481 e. The van der Waals surface area contributed by atoms with Crippen LogP contribution in [0.2, 0.25) is 0 Å². The molecule has 0 aliphatic heterocycles. The first-order valence-corrected chi connectivity index (χ1v) is 8.45. The van der Waals surface area contributed by atoms with Gasteiger partial charge in [0.25, 0.3) is 0 Å². The molecule has 1 fully saturated rings. The Labute approximate surface area is 115 Å². The topological polar surface area (TPSA) is 86.7 Å². The minimum atomic E-state index is -3.34. The normalized spacial score (nSPS) is 17.2. The average Bonchev–Trinajstić information content (AvgIpc) is 2.81. The molecule has 112 valence electrons. The first kappa shape index (κ1) is 16.4. The van der Waals surface area contributed by atoms with E-state index in [1.807, 2.05) is 7.05 Å². The SMILES string of the molecule is CN(CCNS(=O)(=O)CCCC(=O)O)C1CCCC1. The molecule has 0 radical (unpaired) electrons. The van der Waals surface area contributed by atoms with E-state index in [-0.39, 0.29) is 18.6 Å². The van der Waals surface area contributed by atoms with Crippen LogP contribution in [0.1, 0.15) is 38.5 Å². The van der Waals surface area contributed by atoms with Crippen molar-refractivity contribution < 1.29 is 18.3 Å². The molecule has 0 saturated heterocycles. The second-order valence-corrected chi connectivity index (χ2v) is 7.06. The predicted molar refractivity (Wildman–Crippen MR) is 73.5 cm³/mol. The molecule has 0 spiro atoms. The number of likely N-dealkylation sites (N-methyl/N-ethyl adjacent to an activating group) is 1. The second kappa shape index (κ2) is 7.81. The Bertz CT molecular complexity index is 377. The second-order valence-electron chi connectivity index (χ2n) is 5.13. The number of hydrogen-bond acceptors (Lipinski definition) is 4. The summed E-state index contributed by atoms with van der Waals surface area (Å²) < 4.78 is 25.7. The molecule has 7 heteroatoms. The third kappa shape index (κ3) is 6.89. The molecule has 0 heterocycles. The molecule has 0 atom stereocenters. The molecular weight excluding hydrogens is 268 g/mol. The summed E-state index contributed by atoms with van der Waals surface area (Å²) in [5.74, 6) is -1.08. The maximum Gasteiger partial charge on any atom is 0.303 e. The highest BCUT2D eigenvalue weighted by Crippen LogP contribution is 2.21. The highest BCUT2D eigenvalue weighted by atomic mass is 32.2. The Kier molecular flexibility index (Phi) is 6.74. The van der Waals surface area contributed by atoms with Crippen molar-refractivity contribution in [1.82, 2.24) is 9.62 Å². The van der Waals surface area contributed by atoms with E-state index in [1.54, 1.807) is 0 Å². The van der Waals surface area contributed by atoms with Crippen LogP contribution in [0.4, 0.5) is 0 Å². The summed E-state index contributed by atoms with van der Waals surface area (Å²) in [5.41, 5.74) is 0. The molecule has 0 aromatic carbocycles. The maximum absolute atomic E-state index is 11.6. The first-order chi connectivity index (χ1) is 8.91. The number of hydrogen-bond donors (Lipinski definition) is 2. The standard InChI is InChI=1S/C12H24N2O4S/c1-14(11-5-2-3-6-11)9-8-13-19(17,18)10-4-7-12(15)16/h11,13H,2-10H2,1H3,(H,15,16). The van der Waals surface area contributed by atoms with Gasteiger partial charge in [0.2, 0.25) is 10.0 Å². The quantitative estimate of drug-likeness (QED) is 0.651. The molecule has 1 aliphatic carbocycles. The summed E-state index contributed by atoms with van der Waals surface area (Å²) >= 11 is 0. The number of aliphatic carboxylic acids is 1. The Balaban J connectivity index is 2.17. The van der Waals surface area contributed by atoms with Crippen LogP contribution in [0.3, 0.4) is 0 Å². The Hall–Kier alpha value is -0.660. The lowest BCUT2D eigenvalue weighted by molar-refractivity contribution is -0.137. The highest BCUT2D eigenvalue weighted by molar-refractivity contribution is 7.89. The van der Waals surface area contributed by atoms with Crippen LogP contribution in [0.15, 0.2) is 0 Å². The van der Waals surface area contributed by atoms with Gasteiger partial charge < -0.3 is 10.0 Å². The van der Waals surface area contributed by atoms with E-state index in [0.717, 1.165) is 0 Å². The Morgan fingerprint density at radius 3 is 2.58 bits per heavy atom. The number of sulfonamides is 1. The summed E-state index contributed by atoms with van der Waals surface area (Å²) in [6.45, 7) is 1.09. The monoisotopic (exact) mass is 292 g/mol. The molecule has 0 amide bonds. The fourth-order valence-electron chi connectivity index (χ4n) is 2.39. The molecule has 1 rings (SSSR count). The van der Waals surface area contributed by atoms with Crippen molar-refractivity contribution >= 4 is 16.0 Å². The summed E-state index contributed by atoms with van der Waals surface area (Å²) in [6, 6.07) is 0.580. The Morgan fingerprint density at radius 2 is 2.00 bits per heavy atom. The van der Waals surface area contributed by atoms with E-state index in [1.165, 1.54) is 25.7 Å². The van der Waals surface area contributed by atoms with Crippen molar-refractivity contribution in [2.24, 2.45) is 0 Å². The van der Waals surface area contributed by atoms with Gasteiger partial charge in [0.05, 0.1) is 5.75 Å². The van der Waals surface area contributed by atoms with Crippen LogP contribution >= 0.6 is 0 Å². The molecule has 0 bridgehead atoms. The lowest BCUT2D eigenvalue weighted by Gasteiger charge is -2.23. The molecule has 0 aromatic heterocycles. The lowest BCUT2D eigenvalue weighted by Crippen LogP contribution is -2.38. The zero-order valence-corrected chi connectivity index (χ0v) is 12.3. The van der Waals surface area contributed by atoms with E-state index in [2.05, 4.69) is 9.62 Å². The van der Waals surface area contributed by atoms with Gasteiger partial charge in [-0.3, -0.25) is 4.79 Å². The highest BCUT2D eigenvalue weighted by Gasteiger charge is 2.19. The molecule has 1 saturated carbocycles. The minimum Gasteiger partial charge on any atom is -0.481 e. The molecule has 0 aromatic rings. The molecule has 2 N–H and O–H groups in total. The van der Waals surface area contributed by atoms with Crippen LogP contribution in [-0.4, -0.2) is 56.3 Å². The molecule has 6 nitrogen and oxygen atoms in total. The number of carbonyl (C=O) groups is 1. The predicted octanol–water partition coefficient (Wildman–Crippen LogP) is 0.645. The van der Waals surface area contributed by atoms with Gasteiger partial charge in [0.1, 0.15) is 0 Å². The van der Waals surface area contributed by atoms with E-state index >= 15 is 0 Å². The Morgan fingerprint density at radius 1 is 1.37 bits per heavy atom. The number of carboxylic acid groups (broad SMARTS) is 1. The van der Waals surface area contributed by atoms with Gasteiger partial charge in [0, 0.05) is 25.6 Å². The van der Waals surface area contributed by atoms with Gasteiger partial charge in [-0.25, -0.2) is 13.1 Å². The molecule has 0 unspecified atom stereocenters. The van der Waals surface area contributed by atoms with Crippen LogP contribution in [0, 0.1) is 0 Å². The van der Waals surface area contributed by atoms with Crippen molar-refractivity contribution in [3.05, 3.63) is 0 Å². The van der Waals surface area contributed by atoms with E-state index in [0.29, 0.717) is 19.1 Å². The van der Waals surface area contributed by atoms with Crippen molar-refractivity contribution in [2.75, 3.05) is 25.9 Å². The van der Waals surface area contributed by atoms with Crippen LogP contribution in [0.5, 0.6) is 0 Å². The fraction of sp³-hybridized carbons (Fsp3) is 0.917. The maximum atomic E-state index is 11.6. The van der Waals surface area contributed by atoms with E-state index in [9.17, 15) is 13.2 Å². The lowest BCUT2D eigenvalue weighted by atomic mass is 10.2. The molecular formula is C12H24N2O4S. The summed E-state index contributed by atoms with van der Waals surface area (Å²) in [5, 5.41) is 8.46. The summed E-state index contributed by atoms with van der Waals surface area (Å²) in [6.07, 6.45) is 4.96. The van der Waals surface area contributed by atoms with Crippen LogP contribution in [-0.2, 0) is 14.8 Å². The average molecular weight is 292 g/mol. The number of rotatable bonds is 9. The first-order valence-electron chi connectivity index (χ1n) is 6.80. The van der Waals surface area contributed by atoms with Crippen LogP contribution in [0.25, 0.3) is 0 Å². The van der Waals surface area contributed by atoms with Crippen molar-refractivity contribution in [1.29, 1.82) is 0 Å². The molecule has 19 heavy (non-hydrogen) atoms. The third-order valence-corrected chi connectivity index (χ3v) is 5.01. The van der Waals surface area contributed by atoms with Gasteiger partial charge >= 0.3 is 5.97 Å². The fourth-order valence-corrected chi connectivity index (χ4v) is 3.46. The molecule has 1 aliphatic rings. The smallest absolute Gasteiger partial charge is 0.303 e. The van der Waals surface area contributed by atoms with Gasteiger partial charge in [0.15, 0.2) is 0 Å². The van der Waals surface area contributed by atoms with Crippen LogP contribution < -0.4 is 4.72 Å². The minimum absolute atomic E-state index is 0.108. The van der Waals surface area contributed by atoms with Gasteiger partial charge in [-0.15, -0.1) is 0 Å². The zero-order valence-electron chi connectivity index (χ0n) is 11.5. The van der Waals surface area contributed by atoms with Gasteiger partial charge in [-0.05, 0) is 26.3 Å². The zero-order chi connectivity index (χ0) is 14.3. The van der Waals surface area contributed by atoms with Gasteiger partial charge in [-0.1, -0.05) is 12.8 Å². The number of nitrogens with one attached hydrogen (secondary N) is 1. The third-order valence-electron chi connectivity index (χ3n) is 3.54. The van der Waals surface area contributed by atoms with Crippen molar-refractivity contribution in [3.8, 4) is 0 Å².